The van der Waals surface area contributed by atoms with Crippen molar-refractivity contribution in [1.29, 1.82) is 0 Å². The number of nitrogens with one attached hydrogen (secondary N) is 1. The highest BCUT2D eigenvalue weighted by Gasteiger charge is 2.44. The predicted molar refractivity (Wildman–Crippen MR) is 92.9 cm³/mol. The number of fused-ring (bicyclic) bond motifs is 2. The number of halogens is 4. The predicted octanol–water partition coefficient (Wildman–Crippen LogP) is 3.76. The van der Waals surface area contributed by atoms with E-state index in [2.05, 4.69) is 5.32 Å². The first-order valence-electron chi connectivity index (χ1n) is 8.42. The van der Waals surface area contributed by atoms with Crippen molar-refractivity contribution in [3.63, 3.8) is 0 Å². The summed E-state index contributed by atoms with van der Waals surface area (Å²) in [5.74, 6) is -0.0713. The number of amides is 1. The maximum Gasteiger partial charge on any atom is 0.416 e. The first kappa shape index (κ1) is 20.0. The summed E-state index contributed by atoms with van der Waals surface area (Å²) >= 11 is 0. The second kappa shape index (κ2) is 7.16. The number of hydrogen-bond donors (Lipinski definition) is 1. The number of carbonyl (C=O) groups excluding carboxylic acids is 1. The van der Waals surface area contributed by atoms with Gasteiger partial charge in [-0.05, 0) is 51.3 Å². The molecule has 2 unspecified atom stereocenters. The molecule has 2 saturated heterocycles. The molecule has 0 radical (unpaired) electrons. The van der Waals surface area contributed by atoms with Crippen LogP contribution < -0.4 is 5.32 Å². The highest BCUT2D eigenvalue weighted by molar-refractivity contribution is 5.88. The Kier molecular flexibility index (Phi) is 5.74. The molecule has 0 spiro atoms. The van der Waals surface area contributed by atoms with Crippen LogP contribution in [-0.4, -0.2) is 36.0 Å². The summed E-state index contributed by atoms with van der Waals surface area (Å²) < 4.78 is 39.0. The topological polar surface area (TPSA) is 32.3 Å². The van der Waals surface area contributed by atoms with Crippen LogP contribution in [0.3, 0.4) is 0 Å². The molecular weight excluding hydrogens is 353 g/mol. The third-order valence-electron chi connectivity index (χ3n) is 5.33. The third-order valence-corrected chi connectivity index (χ3v) is 5.33. The average molecular weight is 377 g/mol. The van der Waals surface area contributed by atoms with Gasteiger partial charge in [0.1, 0.15) is 0 Å². The molecule has 2 fully saturated rings. The maximum atomic E-state index is 13.2. The highest BCUT2D eigenvalue weighted by Crippen LogP contribution is 2.37. The quantitative estimate of drug-likeness (QED) is 0.852. The van der Waals surface area contributed by atoms with Crippen LogP contribution in [0.25, 0.3) is 0 Å². The number of carbonyl (C=O) groups is 1. The van der Waals surface area contributed by atoms with Crippen molar-refractivity contribution in [1.82, 2.24) is 10.2 Å². The maximum absolute atomic E-state index is 13.2. The summed E-state index contributed by atoms with van der Waals surface area (Å²) in [5.41, 5.74) is -1.27. The lowest BCUT2D eigenvalue weighted by Crippen LogP contribution is -2.50. The van der Waals surface area contributed by atoms with E-state index in [0.29, 0.717) is 5.56 Å². The second-order valence-electron chi connectivity index (χ2n) is 7.29. The summed E-state index contributed by atoms with van der Waals surface area (Å²) in [7, 11) is 0. The number of rotatable bonds is 2. The summed E-state index contributed by atoms with van der Waals surface area (Å²) in [6, 6.07) is 5.49. The average Bonchev–Trinajstić information content (AvgIpc) is 2.78. The second-order valence-corrected chi connectivity index (χ2v) is 7.29. The number of nitrogens with zero attached hydrogens (tertiary/aromatic N) is 1. The zero-order valence-corrected chi connectivity index (χ0v) is 15.2. The number of hydrogen-bond acceptors (Lipinski definition) is 2. The standard InChI is InChI=1S/C18H23F3N2O.ClH/c1-17(2,12-4-3-5-13(10-12)18(19,20)21)16(24)23-14-6-7-15(23)11-22-9-8-14;/h3-5,10,14-15,22H,6-9,11H2,1-2H3;1H. The van der Waals surface area contributed by atoms with Crippen LogP contribution in [0, 0.1) is 0 Å². The molecule has 2 heterocycles. The molecule has 3 nitrogen and oxygen atoms in total. The molecule has 25 heavy (non-hydrogen) atoms. The van der Waals surface area contributed by atoms with E-state index in [-0.39, 0.29) is 30.4 Å². The van der Waals surface area contributed by atoms with Gasteiger partial charge in [-0.3, -0.25) is 4.79 Å². The van der Waals surface area contributed by atoms with E-state index < -0.39 is 17.2 Å². The van der Waals surface area contributed by atoms with Crippen molar-refractivity contribution in [2.45, 2.75) is 56.8 Å². The lowest BCUT2D eigenvalue weighted by Gasteiger charge is -2.36. The van der Waals surface area contributed by atoms with Crippen molar-refractivity contribution >= 4 is 18.3 Å². The third kappa shape index (κ3) is 3.80. The van der Waals surface area contributed by atoms with Crippen LogP contribution in [0.4, 0.5) is 13.2 Å². The van der Waals surface area contributed by atoms with E-state index in [9.17, 15) is 18.0 Å². The van der Waals surface area contributed by atoms with Gasteiger partial charge in [-0.15, -0.1) is 12.4 Å². The van der Waals surface area contributed by atoms with Gasteiger partial charge in [-0.25, -0.2) is 0 Å². The molecule has 7 heteroatoms. The molecule has 1 N–H and O–H groups in total. The molecule has 3 rings (SSSR count). The van der Waals surface area contributed by atoms with E-state index in [1.807, 2.05) is 4.90 Å². The van der Waals surface area contributed by atoms with Gasteiger partial charge in [0.2, 0.25) is 5.91 Å². The Morgan fingerprint density at radius 1 is 1.12 bits per heavy atom. The minimum absolute atomic E-state index is 0. The van der Waals surface area contributed by atoms with E-state index in [0.717, 1.165) is 44.5 Å². The van der Waals surface area contributed by atoms with Crippen LogP contribution >= 0.6 is 12.4 Å². The molecule has 1 aromatic carbocycles. The number of benzene rings is 1. The van der Waals surface area contributed by atoms with Gasteiger partial charge in [0.05, 0.1) is 11.0 Å². The first-order chi connectivity index (χ1) is 11.2. The Bertz CT molecular complexity index is 619. The largest absolute Gasteiger partial charge is 0.416 e. The molecule has 1 aromatic rings. The normalized spacial score (nSPS) is 23.8. The first-order valence-corrected chi connectivity index (χ1v) is 8.42. The molecular formula is C18H24ClF3N2O. The summed E-state index contributed by atoms with van der Waals surface area (Å²) in [6.45, 7) is 5.10. The minimum atomic E-state index is -4.40. The SMILES string of the molecule is CC(C)(C(=O)N1C2CCNCC1CC2)c1cccc(C(F)(F)F)c1.Cl. The fourth-order valence-corrected chi connectivity index (χ4v) is 3.84. The van der Waals surface area contributed by atoms with Crippen LogP contribution in [0.1, 0.15) is 44.2 Å². The summed E-state index contributed by atoms with van der Waals surface area (Å²) in [5, 5.41) is 3.34. The molecule has 2 aliphatic rings. The highest BCUT2D eigenvalue weighted by atomic mass is 35.5. The van der Waals surface area contributed by atoms with Crippen LogP contribution in [0.15, 0.2) is 24.3 Å². The molecule has 0 aromatic heterocycles. The molecule has 140 valence electrons. The van der Waals surface area contributed by atoms with Crippen molar-refractivity contribution in [2.24, 2.45) is 0 Å². The molecule has 2 atom stereocenters. The van der Waals surface area contributed by atoms with E-state index in [1.54, 1.807) is 19.9 Å². The van der Waals surface area contributed by atoms with Crippen molar-refractivity contribution in [2.75, 3.05) is 13.1 Å². The van der Waals surface area contributed by atoms with Gasteiger partial charge in [-0.2, -0.15) is 13.2 Å². The van der Waals surface area contributed by atoms with Gasteiger partial charge in [-0.1, -0.05) is 18.2 Å². The van der Waals surface area contributed by atoms with Gasteiger partial charge < -0.3 is 10.2 Å². The van der Waals surface area contributed by atoms with E-state index in [4.69, 9.17) is 0 Å². The van der Waals surface area contributed by atoms with Gasteiger partial charge >= 0.3 is 6.18 Å². The Morgan fingerprint density at radius 3 is 2.44 bits per heavy atom. The van der Waals surface area contributed by atoms with Gasteiger partial charge in [0.25, 0.3) is 0 Å². The zero-order chi connectivity index (χ0) is 17.5. The zero-order valence-electron chi connectivity index (χ0n) is 14.4. The smallest absolute Gasteiger partial charge is 0.335 e. The Balaban J connectivity index is 0.00000225. The van der Waals surface area contributed by atoms with Gasteiger partial charge in [0.15, 0.2) is 0 Å². The van der Waals surface area contributed by atoms with Crippen molar-refractivity contribution < 1.29 is 18.0 Å². The fourth-order valence-electron chi connectivity index (χ4n) is 3.84. The van der Waals surface area contributed by atoms with Crippen LogP contribution in [0.5, 0.6) is 0 Å². The minimum Gasteiger partial charge on any atom is -0.335 e. The molecule has 2 aliphatic heterocycles. The van der Waals surface area contributed by atoms with E-state index >= 15 is 0 Å². The Labute approximate surface area is 152 Å². The summed E-state index contributed by atoms with van der Waals surface area (Å²) in [6.07, 6.45) is -1.56. The van der Waals surface area contributed by atoms with Crippen molar-refractivity contribution in [3.05, 3.63) is 35.4 Å². The molecule has 0 saturated carbocycles. The fraction of sp³-hybridized carbons (Fsp3) is 0.611. The number of alkyl halides is 3. The van der Waals surface area contributed by atoms with Gasteiger partial charge in [0, 0.05) is 18.6 Å². The molecule has 2 bridgehead atoms. The van der Waals surface area contributed by atoms with E-state index in [1.165, 1.54) is 6.07 Å². The lowest BCUT2D eigenvalue weighted by atomic mass is 9.82. The van der Waals surface area contributed by atoms with Crippen LogP contribution in [0.2, 0.25) is 0 Å². The molecule has 0 aliphatic carbocycles. The Morgan fingerprint density at radius 2 is 1.76 bits per heavy atom. The Hall–Kier alpha value is -1.27. The monoisotopic (exact) mass is 376 g/mol. The summed E-state index contributed by atoms with van der Waals surface area (Å²) in [4.78, 5) is 15.1. The van der Waals surface area contributed by atoms with Crippen LogP contribution in [-0.2, 0) is 16.4 Å². The lowest BCUT2D eigenvalue weighted by molar-refractivity contribution is -0.140. The molecule has 1 amide bonds. The van der Waals surface area contributed by atoms with Crippen molar-refractivity contribution in [3.8, 4) is 0 Å².